The van der Waals surface area contributed by atoms with Gasteiger partial charge in [-0.3, -0.25) is 14.2 Å². The third-order valence-corrected chi connectivity index (χ3v) is 6.67. The summed E-state index contributed by atoms with van der Waals surface area (Å²) in [5.41, 5.74) is 0.447. The molecule has 0 unspecified atom stereocenters. The molecule has 33 heavy (non-hydrogen) atoms. The maximum atomic E-state index is 13.6. The molecule has 2 aromatic heterocycles. The summed E-state index contributed by atoms with van der Waals surface area (Å²) < 4.78 is 15.9. The molecule has 0 atom stereocenters. The molecule has 0 aliphatic rings. The van der Waals surface area contributed by atoms with E-state index >= 15 is 0 Å². The minimum Gasteiger partial charge on any atom is -0.344 e. The third kappa shape index (κ3) is 3.75. The van der Waals surface area contributed by atoms with E-state index in [-0.39, 0.29) is 23.5 Å². The van der Waals surface area contributed by atoms with Gasteiger partial charge >= 0.3 is 5.69 Å². The van der Waals surface area contributed by atoms with Crippen LogP contribution in [0.1, 0.15) is 26.4 Å². The van der Waals surface area contributed by atoms with Crippen LogP contribution in [-0.4, -0.2) is 34.0 Å². The van der Waals surface area contributed by atoms with Crippen LogP contribution >= 0.6 is 11.3 Å². The summed E-state index contributed by atoms with van der Waals surface area (Å²) >= 11 is 1.07. The van der Waals surface area contributed by atoms with Crippen LogP contribution in [0.4, 0.5) is 4.39 Å². The fourth-order valence-electron chi connectivity index (χ4n) is 3.65. The van der Waals surface area contributed by atoms with Crippen molar-refractivity contribution in [1.82, 2.24) is 14.0 Å². The van der Waals surface area contributed by atoms with Crippen molar-refractivity contribution in [2.24, 2.45) is 0 Å². The molecule has 2 aromatic carbocycles. The van der Waals surface area contributed by atoms with Gasteiger partial charge in [-0.2, -0.15) is 5.26 Å². The Morgan fingerprint density at radius 1 is 1.12 bits per heavy atom. The maximum absolute atomic E-state index is 13.6. The Labute approximate surface area is 192 Å². The fourth-order valence-corrected chi connectivity index (χ4v) is 4.96. The van der Waals surface area contributed by atoms with Gasteiger partial charge in [0.25, 0.3) is 11.5 Å². The smallest absolute Gasteiger partial charge is 0.337 e. The lowest BCUT2D eigenvalue weighted by molar-refractivity contribution is 0.0831. The van der Waals surface area contributed by atoms with E-state index in [9.17, 15) is 24.0 Å². The van der Waals surface area contributed by atoms with E-state index in [0.717, 1.165) is 15.9 Å². The Morgan fingerprint density at radius 2 is 1.79 bits per heavy atom. The Bertz CT molecular complexity index is 1560. The van der Waals surface area contributed by atoms with Crippen molar-refractivity contribution in [1.29, 1.82) is 5.26 Å². The van der Waals surface area contributed by atoms with Gasteiger partial charge in [0.1, 0.15) is 10.6 Å². The highest BCUT2D eigenvalue weighted by atomic mass is 32.1. The summed E-state index contributed by atoms with van der Waals surface area (Å²) in [7, 11) is 3.22. The predicted molar refractivity (Wildman–Crippen MR) is 125 cm³/mol. The fraction of sp³-hybridized carbons (Fsp3) is 0.167. The number of carbonyl (C=O) groups is 1. The summed E-state index contributed by atoms with van der Waals surface area (Å²) in [4.78, 5) is 41.9. The molecular formula is C24H19FN4O3S. The van der Waals surface area contributed by atoms with Crippen molar-refractivity contribution in [3.8, 4) is 11.8 Å². The Balaban J connectivity index is 2.10. The molecule has 0 fully saturated rings. The van der Waals surface area contributed by atoms with Gasteiger partial charge in [0, 0.05) is 14.1 Å². The summed E-state index contributed by atoms with van der Waals surface area (Å²) in [6, 6.07) is 14.0. The van der Waals surface area contributed by atoms with Crippen LogP contribution in [0.5, 0.6) is 0 Å². The zero-order valence-electron chi connectivity index (χ0n) is 18.1. The molecule has 0 radical (unpaired) electrons. The number of halogens is 1. The first kappa shape index (κ1) is 22.2. The average molecular weight is 463 g/mol. The Kier molecular flexibility index (Phi) is 5.70. The minimum atomic E-state index is -0.642. The highest BCUT2D eigenvalue weighted by molar-refractivity contribution is 7.20. The van der Waals surface area contributed by atoms with Crippen LogP contribution in [0.2, 0.25) is 0 Å². The van der Waals surface area contributed by atoms with Crippen molar-refractivity contribution in [3.63, 3.8) is 0 Å². The first-order valence-corrected chi connectivity index (χ1v) is 10.8. The number of hydrogen-bond donors (Lipinski definition) is 0. The monoisotopic (exact) mass is 462 g/mol. The zero-order chi connectivity index (χ0) is 23.9. The largest absolute Gasteiger partial charge is 0.344 e. The highest BCUT2D eigenvalue weighted by Gasteiger charge is 2.25. The first-order chi connectivity index (χ1) is 15.7. The van der Waals surface area contributed by atoms with E-state index in [0.29, 0.717) is 26.4 Å². The van der Waals surface area contributed by atoms with Crippen molar-refractivity contribution >= 4 is 27.5 Å². The molecule has 4 aromatic rings. The van der Waals surface area contributed by atoms with Gasteiger partial charge in [-0.1, -0.05) is 18.2 Å². The highest BCUT2D eigenvalue weighted by Crippen LogP contribution is 2.29. The van der Waals surface area contributed by atoms with Crippen LogP contribution in [0.3, 0.4) is 0 Å². The van der Waals surface area contributed by atoms with Crippen LogP contribution < -0.4 is 11.2 Å². The number of fused-ring (bicyclic) bond motifs is 1. The van der Waals surface area contributed by atoms with E-state index in [4.69, 9.17) is 0 Å². The lowest BCUT2D eigenvalue weighted by Crippen LogP contribution is -2.39. The molecular weight excluding hydrogens is 443 g/mol. The van der Waals surface area contributed by atoms with Gasteiger partial charge in [0.05, 0.1) is 34.1 Å². The van der Waals surface area contributed by atoms with Gasteiger partial charge in [-0.15, -0.1) is 11.3 Å². The minimum absolute atomic E-state index is 0.0239. The number of rotatable bonds is 4. The topological polar surface area (TPSA) is 88.1 Å². The lowest BCUT2D eigenvalue weighted by atomic mass is 10.1. The molecule has 9 heteroatoms. The standard InChI is InChI=1S/C24H19FN4O3S/c1-14-19-21(30)29(18-10-8-17(25)9-11-18)24(32)28(13-16-7-5-4-6-15(16)12-26)23(19)33-20(14)22(31)27(2)3/h4-11H,13H2,1-3H3. The summed E-state index contributed by atoms with van der Waals surface area (Å²) in [5, 5.41) is 9.73. The SMILES string of the molecule is Cc1c(C(=O)N(C)C)sc2c1c(=O)n(-c1ccc(F)cc1)c(=O)n2Cc1ccccc1C#N. The lowest BCUT2D eigenvalue weighted by Gasteiger charge is -2.13. The number of carbonyl (C=O) groups excluding carboxylic acids is 1. The average Bonchev–Trinajstić information content (AvgIpc) is 3.14. The molecule has 0 saturated carbocycles. The molecule has 0 bridgehead atoms. The number of amides is 1. The van der Waals surface area contributed by atoms with Crippen molar-refractivity contribution in [2.45, 2.75) is 13.5 Å². The third-order valence-electron chi connectivity index (χ3n) is 5.36. The van der Waals surface area contributed by atoms with Crippen LogP contribution in [0.25, 0.3) is 15.9 Å². The van der Waals surface area contributed by atoms with Crippen LogP contribution in [0.15, 0.2) is 58.1 Å². The van der Waals surface area contributed by atoms with Gasteiger partial charge < -0.3 is 4.90 Å². The normalized spacial score (nSPS) is 10.9. The number of benzene rings is 2. The first-order valence-electron chi connectivity index (χ1n) is 9.99. The quantitative estimate of drug-likeness (QED) is 0.466. The number of aromatic nitrogens is 2. The molecule has 1 amide bonds. The maximum Gasteiger partial charge on any atom is 0.337 e. The number of nitriles is 1. The van der Waals surface area contributed by atoms with Crippen LogP contribution in [0, 0.1) is 24.1 Å². The van der Waals surface area contributed by atoms with Gasteiger partial charge in [-0.05, 0) is 48.4 Å². The Hall–Kier alpha value is -4.03. The second-order valence-electron chi connectivity index (χ2n) is 7.69. The van der Waals surface area contributed by atoms with E-state index in [1.807, 2.05) is 0 Å². The number of nitrogens with zero attached hydrogens (tertiary/aromatic N) is 4. The zero-order valence-corrected chi connectivity index (χ0v) is 18.9. The second-order valence-corrected chi connectivity index (χ2v) is 8.69. The molecule has 0 aliphatic heterocycles. The number of thiophene rings is 1. The summed E-state index contributed by atoms with van der Waals surface area (Å²) in [6.45, 7) is 1.69. The molecule has 0 saturated heterocycles. The molecule has 166 valence electrons. The summed E-state index contributed by atoms with van der Waals surface area (Å²) in [6.07, 6.45) is 0. The molecule has 4 rings (SSSR count). The van der Waals surface area contributed by atoms with Crippen molar-refractivity contribution in [2.75, 3.05) is 14.1 Å². The molecule has 0 aliphatic carbocycles. The summed E-state index contributed by atoms with van der Waals surface area (Å²) in [5.74, 6) is -0.778. The molecule has 0 N–H and O–H groups in total. The van der Waals surface area contributed by atoms with Gasteiger partial charge in [0.15, 0.2) is 0 Å². The molecule has 2 heterocycles. The molecule has 7 nitrogen and oxygen atoms in total. The van der Waals surface area contributed by atoms with Crippen molar-refractivity contribution < 1.29 is 9.18 Å². The van der Waals surface area contributed by atoms with E-state index in [1.54, 1.807) is 45.3 Å². The Morgan fingerprint density at radius 3 is 2.42 bits per heavy atom. The van der Waals surface area contributed by atoms with E-state index in [2.05, 4.69) is 6.07 Å². The van der Waals surface area contributed by atoms with E-state index in [1.165, 1.54) is 33.7 Å². The van der Waals surface area contributed by atoms with Gasteiger partial charge in [-0.25, -0.2) is 13.8 Å². The second kappa shape index (κ2) is 8.48. The van der Waals surface area contributed by atoms with Gasteiger partial charge in [0.2, 0.25) is 0 Å². The predicted octanol–water partition coefficient (Wildman–Crippen LogP) is 3.28. The van der Waals surface area contributed by atoms with E-state index < -0.39 is 17.1 Å². The molecule has 0 spiro atoms. The number of aryl methyl sites for hydroxylation is 1. The van der Waals surface area contributed by atoms with Crippen molar-refractivity contribution in [3.05, 3.63) is 96.8 Å². The number of hydrogen-bond acceptors (Lipinski definition) is 5. The van der Waals surface area contributed by atoms with Crippen LogP contribution in [-0.2, 0) is 6.54 Å².